The van der Waals surface area contributed by atoms with Gasteiger partial charge < -0.3 is 10.2 Å². The second-order valence-electron chi connectivity index (χ2n) is 4.61. The van der Waals surface area contributed by atoms with Gasteiger partial charge in [-0.3, -0.25) is 4.79 Å². The molecule has 1 aliphatic heterocycles. The van der Waals surface area contributed by atoms with Gasteiger partial charge in [0.25, 0.3) is 0 Å². The first-order valence-corrected chi connectivity index (χ1v) is 6.74. The van der Waals surface area contributed by atoms with Crippen LogP contribution in [0.5, 0.6) is 0 Å². The summed E-state index contributed by atoms with van der Waals surface area (Å²) in [6.07, 6.45) is 3.76. The van der Waals surface area contributed by atoms with Crippen molar-refractivity contribution in [1.29, 1.82) is 0 Å². The first kappa shape index (κ1) is 13.0. The Hall–Kier alpha value is -1.42. The van der Waals surface area contributed by atoms with Gasteiger partial charge in [-0.05, 0) is 43.5 Å². The van der Waals surface area contributed by atoms with Gasteiger partial charge in [-0.2, -0.15) is 0 Å². The lowest BCUT2D eigenvalue weighted by Gasteiger charge is -2.29. The monoisotopic (exact) mass is 262 g/mol. The summed E-state index contributed by atoms with van der Waals surface area (Å²) in [7, 11) is 0. The molecule has 0 spiro atoms. The van der Waals surface area contributed by atoms with E-state index in [1.807, 2.05) is 24.3 Å². The Morgan fingerprint density at radius 1 is 1.17 bits per heavy atom. The molecule has 0 bridgehead atoms. The van der Waals surface area contributed by atoms with Crippen LogP contribution < -0.4 is 5.32 Å². The predicted molar refractivity (Wildman–Crippen MR) is 77.9 cm³/mol. The van der Waals surface area contributed by atoms with Gasteiger partial charge in [0.1, 0.15) is 4.99 Å². The van der Waals surface area contributed by atoms with E-state index in [1.165, 1.54) is 26.2 Å². The maximum absolute atomic E-state index is 10.9. The number of carbonyl (C=O) groups excluding carboxylic acids is 1. The molecule has 0 radical (unpaired) electrons. The van der Waals surface area contributed by atoms with E-state index in [2.05, 4.69) is 10.2 Å². The van der Waals surface area contributed by atoms with Crippen molar-refractivity contribution in [2.24, 2.45) is 0 Å². The number of rotatable bonds is 2. The number of likely N-dealkylation sites (tertiary alicyclic amines) is 1. The van der Waals surface area contributed by atoms with Crippen LogP contribution in [0.3, 0.4) is 0 Å². The topological polar surface area (TPSA) is 32.3 Å². The summed E-state index contributed by atoms with van der Waals surface area (Å²) in [6.45, 7) is 3.63. The third kappa shape index (κ3) is 3.29. The van der Waals surface area contributed by atoms with E-state index in [0.29, 0.717) is 0 Å². The van der Waals surface area contributed by atoms with Gasteiger partial charge in [0.15, 0.2) is 0 Å². The highest BCUT2D eigenvalue weighted by molar-refractivity contribution is 7.80. The number of benzene rings is 1. The molecule has 0 aromatic heterocycles. The fourth-order valence-corrected chi connectivity index (χ4v) is 2.50. The van der Waals surface area contributed by atoms with Gasteiger partial charge in [-0.25, -0.2) is 0 Å². The summed E-state index contributed by atoms with van der Waals surface area (Å²) in [5.41, 5.74) is 1.87. The second-order valence-corrected chi connectivity index (χ2v) is 5.00. The van der Waals surface area contributed by atoms with Crippen molar-refractivity contribution in [3.8, 4) is 0 Å². The maximum Gasteiger partial charge on any atom is 0.221 e. The third-order valence-corrected chi connectivity index (χ3v) is 3.59. The summed E-state index contributed by atoms with van der Waals surface area (Å²) in [5.74, 6) is -0.0543. The van der Waals surface area contributed by atoms with Gasteiger partial charge in [-0.15, -0.1) is 0 Å². The fourth-order valence-electron chi connectivity index (χ4n) is 2.18. The van der Waals surface area contributed by atoms with Gasteiger partial charge in [0.05, 0.1) is 0 Å². The van der Waals surface area contributed by atoms with Crippen molar-refractivity contribution in [3.63, 3.8) is 0 Å². The van der Waals surface area contributed by atoms with Crippen LogP contribution in [0.25, 0.3) is 0 Å². The summed E-state index contributed by atoms with van der Waals surface area (Å²) in [5, 5.41) is 2.75. The maximum atomic E-state index is 10.9. The second kappa shape index (κ2) is 5.96. The summed E-state index contributed by atoms with van der Waals surface area (Å²) < 4.78 is 0. The first-order valence-electron chi connectivity index (χ1n) is 6.34. The van der Waals surface area contributed by atoms with E-state index < -0.39 is 0 Å². The Balaban J connectivity index is 2.04. The molecule has 1 saturated heterocycles. The molecule has 0 aliphatic carbocycles. The molecule has 3 nitrogen and oxygen atoms in total. The van der Waals surface area contributed by atoms with Crippen LogP contribution in [0.15, 0.2) is 24.3 Å². The minimum absolute atomic E-state index is 0.0543. The molecule has 2 rings (SSSR count). The molecule has 1 aromatic carbocycles. The minimum Gasteiger partial charge on any atom is -0.362 e. The molecular formula is C14H18N2OS. The molecule has 1 heterocycles. The van der Waals surface area contributed by atoms with Crippen molar-refractivity contribution in [1.82, 2.24) is 4.90 Å². The van der Waals surface area contributed by atoms with Crippen LogP contribution in [0, 0.1) is 0 Å². The van der Waals surface area contributed by atoms with Crippen molar-refractivity contribution < 1.29 is 4.79 Å². The molecule has 4 heteroatoms. The van der Waals surface area contributed by atoms with Crippen LogP contribution in [-0.4, -0.2) is 28.9 Å². The van der Waals surface area contributed by atoms with Crippen molar-refractivity contribution >= 4 is 28.8 Å². The number of hydrogen-bond donors (Lipinski definition) is 1. The minimum atomic E-state index is -0.0543. The number of hydrogen-bond acceptors (Lipinski definition) is 2. The quantitative estimate of drug-likeness (QED) is 0.832. The average molecular weight is 262 g/mol. The Morgan fingerprint density at radius 2 is 1.78 bits per heavy atom. The van der Waals surface area contributed by atoms with E-state index in [9.17, 15) is 4.79 Å². The number of thiocarbonyl (C=S) groups is 1. The highest BCUT2D eigenvalue weighted by atomic mass is 32.1. The SMILES string of the molecule is CC(=O)Nc1ccc(C(=S)N2CCCCC2)cc1. The zero-order valence-corrected chi connectivity index (χ0v) is 11.4. The zero-order chi connectivity index (χ0) is 13.0. The van der Waals surface area contributed by atoms with Crippen molar-refractivity contribution in [2.45, 2.75) is 26.2 Å². The number of nitrogens with zero attached hydrogens (tertiary/aromatic N) is 1. The van der Waals surface area contributed by atoms with E-state index >= 15 is 0 Å². The van der Waals surface area contributed by atoms with Gasteiger partial charge in [0.2, 0.25) is 5.91 Å². The molecule has 0 unspecified atom stereocenters. The largest absolute Gasteiger partial charge is 0.362 e. The van der Waals surface area contributed by atoms with E-state index in [1.54, 1.807) is 0 Å². The van der Waals surface area contributed by atoms with E-state index in [4.69, 9.17) is 12.2 Å². The zero-order valence-electron chi connectivity index (χ0n) is 10.6. The molecule has 96 valence electrons. The smallest absolute Gasteiger partial charge is 0.221 e. The first-order chi connectivity index (χ1) is 8.66. The molecule has 1 fully saturated rings. The van der Waals surface area contributed by atoms with Crippen LogP contribution in [-0.2, 0) is 4.79 Å². The summed E-state index contributed by atoms with van der Waals surface area (Å²) >= 11 is 5.51. The summed E-state index contributed by atoms with van der Waals surface area (Å²) in [6, 6.07) is 7.74. The molecule has 0 atom stereocenters. The lowest BCUT2D eigenvalue weighted by molar-refractivity contribution is -0.114. The van der Waals surface area contributed by atoms with E-state index in [0.717, 1.165) is 29.3 Å². The number of amides is 1. The lowest BCUT2D eigenvalue weighted by Crippen LogP contribution is -2.34. The van der Waals surface area contributed by atoms with Gasteiger partial charge in [0, 0.05) is 31.3 Å². The van der Waals surface area contributed by atoms with E-state index in [-0.39, 0.29) is 5.91 Å². The van der Waals surface area contributed by atoms with Crippen LogP contribution in [0.2, 0.25) is 0 Å². The van der Waals surface area contributed by atoms with Crippen molar-refractivity contribution in [2.75, 3.05) is 18.4 Å². The fraction of sp³-hybridized carbons (Fsp3) is 0.429. The Bertz CT molecular complexity index is 436. The average Bonchev–Trinajstić information content (AvgIpc) is 2.39. The predicted octanol–water partition coefficient (Wildman–Crippen LogP) is 2.81. The number of carbonyl (C=O) groups is 1. The molecule has 1 N–H and O–H groups in total. The normalized spacial score (nSPS) is 15.3. The van der Waals surface area contributed by atoms with Crippen LogP contribution >= 0.6 is 12.2 Å². The third-order valence-electron chi connectivity index (χ3n) is 3.10. The van der Waals surface area contributed by atoms with Crippen molar-refractivity contribution in [3.05, 3.63) is 29.8 Å². The van der Waals surface area contributed by atoms with Gasteiger partial charge in [-0.1, -0.05) is 12.2 Å². The molecular weight excluding hydrogens is 244 g/mol. The number of piperidine rings is 1. The standard InChI is InChI=1S/C14H18N2OS/c1-11(17)15-13-7-5-12(6-8-13)14(18)16-9-3-2-4-10-16/h5-8H,2-4,9-10H2,1H3,(H,15,17). The molecule has 1 aliphatic rings. The highest BCUT2D eigenvalue weighted by Crippen LogP contribution is 2.16. The Morgan fingerprint density at radius 3 is 2.33 bits per heavy atom. The highest BCUT2D eigenvalue weighted by Gasteiger charge is 2.14. The van der Waals surface area contributed by atoms with Gasteiger partial charge >= 0.3 is 0 Å². The lowest BCUT2D eigenvalue weighted by atomic mass is 10.1. The van der Waals surface area contributed by atoms with Crippen LogP contribution in [0.1, 0.15) is 31.7 Å². The Labute approximate surface area is 113 Å². The Kier molecular flexibility index (Phi) is 4.31. The molecule has 1 aromatic rings. The molecule has 18 heavy (non-hydrogen) atoms. The molecule has 1 amide bonds. The van der Waals surface area contributed by atoms with Crippen LogP contribution in [0.4, 0.5) is 5.69 Å². The number of nitrogens with one attached hydrogen (secondary N) is 1. The molecule has 0 saturated carbocycles. The summed E-state index contributed by atoms with van der Waals surface area (Å²) in [4.78, 5) is 14.1. The number of anilines is 1.